The highest BCUT2D eigenvalue weighted by Crippen LogP contribution is 2.12. The summed E-state index contributed by atoms with van der Waals surface area (Å²) in [5.41, 5.74) is 1.65. The number of nitrogens with one attached hydrogen (secondary N) is 2. The summed E-state index contributed by atoms with van der Waals surface area (Å²) in [6.07, 6.45) is 1.27. The quantitative estimate of drug-likeness (QED) is 0.756. The van der Waals surface area contributed by atoms with Crippen LogP contribution < -0.4 is 10.6 Å². The molecule has 26 heavy (non-hydrogen) atoms. The number of hydrogen-bond donors (Lipinski definition) is 2. The SMILES string of the molecule is CCCNC(=O)CN1CCN(C(=O)Cc2ccc(NC(C)=O)cc2)CC1. The molecule has 0 aromatic heterocycles. The van der Waals surface area contributed by atoms with E-state index in [1.54, 1.807) is 12.1 Å². The summed E-state index contributed by atoms with van der Waals surface area (Å²) in [6.45, 7) is 7.31. The predicted octanol–water partition coefficient (Wildman–Crippen LogP) is 0.858. The Labute approximate surface area is 154 Å². The lowest BCUT2D eigenvalue weighted by Crippen LogP contribution is -2.51. The third kappa shape index (κ3) is 6.48. The maximum absolute atomic E-state index is 12.5. The Morgan fingerprint density at radius 2 is 1.69 bits per heavy atom. The fourth-order valence-electron chi connectivity index (χ4n) is 2.87. The third-order valence-electron chi connectivity index (χ3n) is 4.29. The number of nitrogens with zero attached hydrogens (tertiary/aromatic N) is 2. The second-order valence-corrected chi connectivity index (χ2v) is 6.56. The summed E-state index contributed by atoms with van der Waals surface area (Å²) < 4.78 is 0. The molecule has 7 nitrogen and oxygen atoms in total. The molecule has 3 amide bonds. The van der Waals surface area contributed by atoms with Crippen LogP contribution in [0.4, 0.5) is 5.69 Å². The van der Waals surface area contributed by atoms with Crippen LogP contribution in [0.3, 0.4) is 0 Å². The molecule has 0 bridgehead atoms. The van der Waals surface area contributed by atoms with Crippen LogP contribution in [0.1, 0.15) is 25.8 Å². The highest BCUT2D eigenvalue weighted by molar-refractivity contribution is 5.88. The van der Waals surface area contributed by atoms with Crippen molar-refractivity contribution in [2.45, 2.75) is 26.7 Å². The van der Waals surface area contributed by atoms with Gasteiger partial charge in [-0.3, -0.25) is 19.3 Å². The molecule has 1 aromatic rings. The predicted molar refractivity (Wildman–Crippen MR) is 101 cm³/mol. The van der Waals surface area contributed by atoms with E-state index < -0.39 is 0 Å². The van der Waals surface area contributed by atoms with Crippen molar-refractivity contribution in [1.29, 1.82) is 0 Å². The first-order valence-electron chi connectivity index (χ1n) is 9.11. The highest BCUT2D eigenvalue weighted by Gasteiger charge is 2.22. The van der Waals surface area contributed by atoms with E-state index >= 15 is 0 Å². The zero-order chi connectivity index (χ0) is 18.9. The summed E-state index contributed by atoms with van der Waals surface area (Å²) in [4.78, 5) is 39.2. The van der Waals surface area contributed by atoms with Crippen LogP contribution >= 0.6 is 0 Å². The molecular formula is C19H28N4O3. The van der Waals surface area contributed by atoms with Gasteiger partial charge in [0.15, 0.2) is 0 Å². The van der Waals surface area contributed by atoms with E-state index in [9.17, 15) is 14.4 Å². The molecule has 2 rings (SSSR count). The van der Waals surface area contributed by atoms with Crippen LogP contribution in [0.25, 0.3) is 0 Å². The normalized spacial score (nSPS) is 14.8. The topological polar surface area (TPSA) is 81.8 Å². The minimum atomic E-state index is -0.116. The van der Waals surface area contributed by atoms with Crippen LogP contribution in [0.15, 0.2) is 24.3 Å². The molecule has 1 saturated heterocycles. The number of anilines is 1. The molecule has 0 saturated carbocycles. The smallest absolute Gasteiger partial charge is 0.234 e. The van der Waals surface area contributed by atoms with Crippen LogP contribution in [0.2, 0.25) is 0 Å². The van der Waals surface area contributed by atoms with Crippen LogP contribution in [-0.2, 0) is 20.8 Å². The van der Waals surface area contributed by atoms with Gasteiger partial charge in [0.1, 0.15) is 0 Å². The lowest BCUT2D eigenvalue weighted by molar-refractivity contribution is -0.132. The molecule has 1 fully saturated rings. The standard InChI is InChI=1S/C19H28N4O3/c1-3-8-20-18(25)14-22-9-11-23(12-10-22)19(26)13-16-4-6-17(7-5-16)21-15(2)24/h4-7H,3,8-14H2,1-2H3,(H,20,25)(H,21,24). The molecule has 0 aliphatic carbocycles. The summed E-state index contributed by atoms with van der Waals surface area (Å²) in [5.74, 6) is 0.0216. The largest absolute Gasteiger partial charge is 0.355 e. The molecule has 7 heteroatoms. The van der Waals surface area contributed by atoms with E-state index in [1.807, 2.05) is 24.0 Å². The van der Waals surface area contributed by atoms with Gasteiger partial charge >= 0.3 is 0 Å². The average Bonchev–Trinajstić information content (AvgIpc) is 2.61. The zero-order valence-electron chi connectivity index (χ0n) is 15.6. The first-order chi connectivity index (χ1) is 12.5. The fourth-order valence-corrected chi connectivity index (χ4v) is 2.87. The van der Waals surface area contributed by atoms with Gasteiger partial charge in [-0.25, -0.2) is 0 Å². The molecule has 2 N–H and O–H groups in total. The van der Waals surface area contributed by atoms with Gasteiger partial charge in [0.05, 0.1) is 13.0 Å². The van der Waals surface area contributed by atoms with E-state index in [-0.39, 0.29) is 17.7 Å². The maximum atomic E-state index is 12.5. The number of hydrogen-bond acceptors (Lipinski definition) is 4. The molecule has 1 aliphatic heterocycles. The van der Waals surface area contributed by atoms with Crippen molar-refractivity contribution in [1.82, 2.24) is 15.1 Å². The molecule has 142 valence electrons. The van der Waals surface area contributed by atoms with Gasteiger partial charge in [-0.05, 0) is 24.1 Å². The van der Waals surface area contributed by atoms with Gasteiger partial charge in [0.2, 0.25) is 17.7 Å². The lowest BCUT2D eigenvalue weighted by atomic mass is 10.1. The second kappa shape index (κ2) is 9.91. The van der Waals surface area contributed by atoms with Crippen molar-refractivity contribution >= 4 is 23.4 Å². The summed E-state index contributed by atoms with van der Waals surface area (Å²) in [6, 6.07) is 7.32. The maximum Gasteiger partial charge on any atom is 0.234 e. The number of benzene rings is 1. The van der Waals surface area contributed by atoms with Crippen molar-refractivity contribution in [2.24, 2.45) is 0 Å². The number of rotatable bonds is 7. The van der Waals surface area contributed by atoms with Gasteiger partial charge in [-0.1, -0.05) is 19.1 Å². The van der Waals surface area contributed by atoms with E-state index in [4.69, 9.17) is 0 Å². The van der Waals surface area contributed by atoms with Crippen molar-refractivity contribution in [3.05, 3.63) is 29.8 Å². The minimum absolute atomic E-state index is 0.0471. The fraction of sp³-hybridized carbons (Fsp3) is 0.526. The van der Waals surface area contributed by atoms with E-state index in [2.05, 4.69) is 15.5 Å². The summed E-state index contributed by atoms with van der Waals surface area (Å²) in [7, 11) is 0. The van der Waals surface area contributed by atoms with Gasteiger partial charge in [-0.2, -0.15) is 0 Å². The molecule has 1 heterocycles. The number of piperazine rings is 1. The van der Waals surface area contributed by atoms with Crippen LogP contribution in [-0.4, -0.2) is 66.8 Å². The molecule has 0 atom stereocenters. The Morgan fingerprint density at radius 1 is 1.04 bits per heavy atom. The molecule has 1 aromatic carbocycles. The molecule has 0 unspecified atom stereocenters. The first kappa shape index (κ1) is 19.9. The summed E-state index contributed by atoms with van der Waals surface area (Å²) in [5, 5.41) is 5.58. The highest BCUT2D eigenvalue weighted by atomic mass is 16.2. The molecular weight excluding hydrogens is 332 g/mol. The lowest BCUT2D eigenvalue weighted by Gasteiger charge is -2.34. The van der Waals surface area contributed by atoms with Crippen molar-refractivity contribution in [2.75, 3.05) is 44.6 Å². The molecule has 1 aliphatic rings. The number of carbonyl (C=O) groups excluding carboxylic acids is 3. The van der Waals surface area contributed by atoms with E-state index in [0.29, 0.717) is 45.7 Å². The van der Waals surface area contributed by atoms with E-state index in [0.717, 1.165) is 17.7 Å². The van der Waals surface area contributed by atoms with Gasteiger partial charge in [0, 0.05) is 45.3 Å². The average molecular weight is 360 g/mol. The zero-order valence-corrected chi connectivity index (χ0v) is 15.6. The summed E-state index contributed by atoms with van der Waals surface area (Å²) >= 11 is 0. The Hall–Kier alpha value is -2.41. The third-order valence-corrected chi connectivity index (χ3v) is 4.29. The second-order valence-electron chi connectivity index (χ2n) is 6.56. The van der Waals surface area contributed by atoms with E-state index in [1.165, 1.54) is 6.92 Å². The first-order valence-corrected chi connectivity index (χ1v) is 9.11. The van der Waals surface area contributed by atoms with Crippen molar-refractivity contribution in [3.8, 4) is 0 Å². The van der Waals surface area contributed by atoms with Crippen molar-refractivity contribution in [3.63, 3.8) is 0 Å². The Bertz CT molecular complexity index is 622. The van der Waals surface area contributed by atoms with Gasteiger partial charge in [-0.15, -0.1) is 0 Å². The van der Waals surface area contributed by atoms with Gasteiger partial charge in [0.25, 0.3) is 0 Å². The number of carbonyl (C=O) groups is 3. The monoisotopic (exact) mass is 360 g/mol. The Kier molecular flexibility index (Phi) is 7.59. The number of amides is 3. The van der Waals surface area contributed by atoms with Crippen molar-refractivity contribution < 1.29 is 14.4 Å². The van der Waals surface area contributed by atoms with Crippen LogP contribution in [0, 0.1) is 0 Å². The minimum Gasteiger partial charge on any atom is -0.355 e. The van der Waals surface area contributed by atoms with Crippen LogP contribution in [0.5, 0.6) is 0 Å². The Morgan fingerprint density at radius 3 is 2.27 bits per heavy atom. The molecule has 0 spiro atoms. The van der Waals surface area contributed by atoms with Gasteiger partial charge < -0.3 is 15.5 Å². The Balaban J connectivity index is 1.75. The molecule has 0 radical (unpaired) electrons.